The van der Waals surface area contributed by atoms with E-state index < -0.39 is 10.4 Å². The molecule has 0 spiro atoms. The molecule has 3 N–H and O–H groups in total. The summed E-state index contributed by atoms with van der Waals surface area (Å²) in [6, 6.07) is 0. The number of hydrogen-bond acceptors (Lipinski definition) is 4. The van der Waals surface area contributed by atoms with E-state index in [1.54, 1.807) is 0 Å². The Bertz CT molecular complexity index is 211. The molecule has 0 aromatic heterocycles. The van der Waals surface area contributed by atoms with Crippen LogP contribution in [0.5, 0.6) is 0 Å². The first-order chi connectivity index (χ1) is 5.79. The maximum Gasteiger partial charge on any atom is 0.394 e. The molecule has 0 unspecified atom stereocenters. The van der Waals surface area contributed by atoms with E-state index in [1.165, 1.54) is 0 Å². The van der Waals surface area contributed by atoms with Crippen LogP contribution in [0.2, 0.25) is 0 Å². The van der Waals surface area contributed by atoms with Gasteiger partial charge < -0.3 is 10.1 Å². The van der Waals surface area contributed by atoms with E-state index in [1.807, 2.05) is 0 Å². The minimum atomic E-state index is -4.67. The van der Waals surface area contributed by atoms with E-state index in [9.17, 15) is 0 Å². The standard InChI is InChI=1S/C6H13NO.H2O4S/c1-5-3-7-4-6(2)8-5;1-5(2,3)4/h5-7H,3-4H2,1-2H3;(H2,1,2,3,4)/t5-,6+;. The van der Waals surface area contributed by atoms with E-state index in [0.717, 1.165) is 13.1 Å². The van der Waals surface area contributed by atoms with Crippen LogP contribution in [-0.2, 0) is 15.1 Å². The van der Waals surface area contributed by atoms with Gasteiger partial charge in [-0.3, -0.25) is 9.11 Å². The Labute approximate surface area is 77.9 Å². The molecule has 0 aliphatic carbocycles. The summed E-state index contributed by atoms with van der Waals surface area (Å²) in [6.07, 6.45) is 0.803. The van der Waals surface area contributed by atoms with Crippen LogP contribution in [0.3, 0.4) is 0 Å². The fourth-order valence-corrected chi connectivity index (χ4v) is 0.983. The lowest BCUT2D eigenvalue weighted by molar-refractivity contribution is -0.0166. The largest absolute Gasteiger partial charge is 0.394 e. The van der Waals surface area contributed by atoms with Crippen molar-refractivity contribution >= 4 is 10.4 Å². The topological polar surface area (TPSA) is 95.9 Å². The van der Waals surface area contributed by atoms with Gasteiger partial charge in [-0.2, -0.15) is 8.42 Å². The van der Waals surface area contributed by atoms with Crippen molar-refractivity contribution in [3.05, 3.63) is 0 Å². The van der Waals surface area contributed by atoms with E-state index in [4.69, 9.17) is 22.3 Å². The second-order valence-corrected chi connectivity index (χ2v) is 3.76. The van der Waals surface area contributed by atoms with Crippen molar-refractivity contribution in [2.45, 2.75) is 26.1 Å². The molecule has 0 saturated carbocycles. The highest BCUT2D eigenvalue weighted by Gasteiger charge is 2.12. The Morgan fingerprint density at radius 1 is 1.23 bits per heavy atom. The third-order valence-corrected chi connectivity index (χ3v) is 1.33. The quantitative estimate of drug-likeness (QED) is 0.479. The third kappa shape index (κ3) is 11.8. The first-order valence-corrected chi connectivity index (χ1v) is 5.25. The number of hydrogen-bond donors (Lipinski definition) is 3. The molecule has 0 aromatic rings. The molecule has 1 aliphatic rings. The van der Waals surface area contributed by atoms with Crippen molar-refractivity contribution in [3.8, 4) is 0 Å². The van der Waals surface area contributed by atoms with Gasteiger partial charge in [-0.15, -0.1) is 0 Å². The summed E-state index contributed by atoms with van der Waals surface area (Å²) in [7, 11) is -4.67. The molecule has 1 aliphatic heterocycles. The summed E-state index contributed by atoms with van der Waals surface area (Å²) in [5.74, 6) is 0. The van der Waals surface area contributed by atoms with Gasteiger partial charge in [0.15, 0.2) is 0 Å². The van der Waals surface area contributed by atoms with Crippen molar-refractivity contribution in [2.75, 3.05) is 13.1 Å². The first kappa shape index (κ1) is 12.8. The second kappa shape index (κ2) is 5.51. The zero-order chi connectivity index (χ0) is 10.5. The van der Waals surface area contributed by atoms with Crippen LogP contribution in [0.4, 0.5) is 0 Å². The minimum absolute atomic E-state index is 0.402. The molecule has 6 nitrogen and oxygen atoms in total. The third-order valence-electron chi connectivity index (χ3n) is 1.33. The van der Waals surface area contributed by atoms with Gasteiger partial charge >= 0.3 is 10.4 Å². The smallest absolute Gasteiger partial charge is 0.373 e. The Morgan fingerprint density at radius 3 is 1.69 bits per heavy atom. The average Bonchev–Trinajstić information content (AvgIpc) is 1.81. The van der Waals surface area contributed by atoms with Gasteiger partial charge in [-0.1, -0.05) is 0 Å². The fourth-order valence-electron chi connectivity index (χ4n) is 0.983. The monoisotopic (exact) mass is 213 g/mol. The molecule has 0 bridgehead atoms. The molecule has 0 radical (unpaired) electrons. The maximum absolute atomic E-state index is 8.74. The predicted molar refractivity (Wildman–Crippen MR) is 47.1 cm³/mol. The Balaban J connectivity index is 0.000000252. The Hall–Kier alpha value is -0.210. The lowest BCUT2D eigenvalue weighted by Crippen LogP contribution is -2.41. The SMILES string of the molecule is C[C@@H]1CNC[C@H](C)O1.O=S(=O)(O)O. The van der Waals surface area contributed by atoms with Gasteiger partial charge in [0, 0.05) is 13.1 Å². The van der Waals surface area contributed by atoms with Crippen LogP contribution in [0.1, 0.15) is 13.8 Å². The number of morpholine rings is 1. The van der Waals surface area contributed by atoms with Crippen molar-refractivity contribution in [1.82, 2.24) is 5.32 Å². The maximum atomic E-state index is 8.74. The molecular formula is C6H15NO5S. The summed E-state index contributed by atoms with van der Waals surface area (Å²) in [4.78, 5) is 0. The van der Waals surface area contributed by atoms with Gasteiger partial charge in [0.25, 0.3) is 0 Å². The summed E-state index contributed by atoms with van der Waals surface area (Å²) in [5, 5.41) is 3.26. The van der Waals surface area contributed by atoms with Gasteiger partial charge in [0.2, 0.25) is 0 Å². The van der Waals surface area contributed by atoms with E-state index in [2.05, 4.69) is 19.2 Å². The van der Waals surface area contributed by atoms with Gasteiger partial charge in [-0.05, 0) is 13.8 Å². The van der Waals surface area contributed by atoms with Crippen molar-refractivity contribution in [2.24, 2.45) is 0 Å². The lowest BCUT2D eigenvalue weighted by Gasteiger charge is -2.25. The highest BCUT2D eigenvalue weighted by Crippen LogP contribution is 2.00. The fraction of sp³-hybridized carbons (Fsp3) is 1.00. The number of ether oxygens (including phenoxy) is 1. The summed E-state index contributed by atoms with van der Waals surface area (Å²) in [6.45, 7) is 6.18. The molecule has 2 atom stereocenters. The summed E-state index contributed by atoms with van der Waals surface area (Å²) >= 11 is 0. The van der Waals surface area contributed by atoms with Crippen molar-refractivity contribution in [1.29, 1.82) is 0 Å². The molecule has 0 aromatic carbocycles. The highest BCUT2D eigenvalue weighted by atomic mass is 32.3. The normalized spacial score (nSPS) is 28.9. The number of nitrogens with one attached hydrogen (secondary N) is 1. The molecular weight excluding hydrogens is 198 g/mol. The van der Waals surface area contributed by atoms with Crippen molar-refractivity contribution < 1.29 is 22.3 Å². The Kier molecular flexibility index (Phi) is 5.42. The van der Waals surface area contributed by atoms with Crippen LogP contribution >= 0.6 is 0 Å². The molecule has 1 saturated heterocycles. The van der Waals surface area contributed by atoms with E-state index in [0.29, 0.717) is 12.2 Å². The minimum Gasteiger partial charge on any atom is -0.373 e. The summed E-state index contributed by atoms with van der Waals surface area (Å²) in [5.41, 5.74) is 0. The molecule has 1 rings (SSSR count). The molecule has 1 heterocycles. The molecule has 80 valence electrons. The lowest BCUT2D eigenvalue weighted by atomic mass is 10.3. The van der Waals surface area contributed by atoms with Crippen LogP contribution < -0.4 is 5.32 Å². The van der Waals surface area contributed by atoms with Gasteiger partial charge in [0.05, 0.1) is 12.2 Å². The van der Waals surface area contributed by atoms with Gasteiger partial charge in [-0.25, -0.2) is 0 Å². The summed E-state index contributed by atoms with van der Waals surface area (Å²) < 4.78 is 37.0. The van der Waals surface area contributed by atoms with Crippen LogP contribution in [0, 0.1) is 0 Å². The molecule has 1 fully saturated rings. The predicted octanol–water partition coefficient (Wildman–Crippen LogP) is -0.270. The highest BCUT2D eigenvalue weighted by molar-refractivity contribution is 7.79. The van der Waals surface area contributed by atoms with Crippen LogP contribution in [0.25, 0.3) is 0 Å². The zero-order valence-electron chi connectivity index (χ0n) is 7.60. The molecule has 13 heavy (non-hydrogen) atoms. The van der Waals surface area contributed by atoms with E-state index >= 15 is 0 Å². The second-order valence-electron chi connectivity index (χ2n) is 2.86. The Morgan fingerprint density at radius 2 is 1.54 bits per heavy atom. The van der Waals surface area contributed by atoms with Crippen LogP contribution in [-0.4, -0.2) is 42.8 Å². The molecule has 0 amide bonds. The number of rotatable bonds is 0. The average molecular weight is 213 g/mol. The van der Waals surface area contributed by atoms with Crippen molar-refractivity contribution in [3.63, 3.8) is 0 Å². The van der Waals surface area contributed by atoms with Crippen LogP contribution in [0.15, 0.2) is 0 Å². The first-order valence-electron chi connectivity index (χ1n) is 3.85. The van der Waals surface area contributed by atoms with E-state index in [-0.39, 0.29) is 0 Å². The zero-order valence-corrected chi connectivity index (χ0v) is 8.41. The van der Waals surface area contributed by atoms with Gasteiger partial charge in [0.1, 0.15) is 0 Å². The molecule has 7 heteroatoms.